The standard InChI is InChI=1S/C20H23N3O2S2/c1-3-4-10-26-20-22-18-17(19(25)23-20)16(14-9-8-11(2)27-14)15-12(21-18)6-5-7-13(15)24/h8-9,16H,3-7,10H2,1-2H3,(H2,21,22,23,25)/t16-/m1/s1. The van der Waals surface area contributed by atoms with E-state index in [-0.39, 0.29) is 17.3 Å². The summed E-state index contributed by atoms with van der Waals surface area (Å²) in [7, 11) is 0. The first-order valence-corrected chi connectivity index (χ1v) is 11.2. The molecule has 1 aliphatic carbocycles. The molecule has 0 spiro atoms. The third kappa shape index (κ3) is 3.50. The van der Waals surface area contributed by atoms with E-state index < -0.39 is 0 Å². The topological polar surface area (TPSA) is 74.8 Å². The van der Waals surface area contributed by atoms with E-state index in [2.05, 4.69) is 17.2 Å². The second-order valence-electron chi connectivity index (χ2n) is 7.01. The Morgan fingerprint density at radius 1 is 1.30 bits per heavy atom. The number of hydrogen-bond acceptors (Lipinski definition) is 6. The molecule has 7 heteroatoms. The fourth-order valence-electron chi connectivity index (χ4n) is 3.72. The first-order chi connectivity index (χ1) is 13.1. The molecule has 142 valence electrons. The van der Waals surface area contributed by atoms with Gasteiger partial charge in [0.05, 0.1) is 11.5 Å². The second-order valence-corrected chi connectivity index (χ2v) is 9.41. The number of fused-ring (bicyclic) bond motifs is 1. The van der Waals surface area contributed by atoms with Crippen molar-refractivity contribution in [1.29, 1.82) is 0 Å². The Kier molecular flexibility index (Phi) is 5.23. The van der Waals surface area contributed by atoms with Crippen molar-refractivity contribution in [3.05, 3.63) is 49.1 Å². The van der Waals surface area contributed by atoms with Gasteiger partial charge in [-0.2, -0.15) is 0 Å². The summed E-state index contributed by atoms with van der Waals surface area (Å²) in [5, 5.41) is 3.97. The Hall–Kier alpha value is -1.86. The molecule has 0 saturated heterocycles. The number of thiophene rings is 1. The molecule has 0 bridgehead atoms. The minimum atomic E-state index is -0.311. The number of aromatic nitrogens is 2. The number of Topliss-reactive ketones (excluding diaryl/α,β-unsaturated/α-hetero) is 1. The van der Waals surface area contributed by atoms with Gasteiger partial charge in [0.1, 0.15) is 5.82 Å². The van der Waals surface area contributed by atoms with Gasteiger partial charge in [-0.25, -0.2) is 4.98 Å². The van der Waals surface area contributed by atoms with Crippen LogP contribution in [0.4, 0.5) is 5.82 Å². The van der Waals surface area contributed by atoms with Crippen LogP contribution in [0.3, 0.4) is 0 Å². The number of carbonyl (C=O) groups excluding carboxylic acids is 1. The zero-order chi connectivity index (χ0) is 19.0. The van der Waals surface area contributed by atoms with Gasteiger partial charge >= 0.3 is 0 Å². The molecule has 0 saturated carbocycles. The first-order valence-electron chi connectivity index (χ1n) is 9.45. The van der Waals surface area contributed by atoms with Crippen molar-refractivity contribution in [3.8, 4) is 0 Å². The van der Waals surface area contributed by atoms with Crippen molar-refractivity contribution in [1.82, 2.24) is 9.97 Å². The van der Waals surface area contributed by atoms with Crippen LogP contribution < -0.4 is 10.9 Å². The molecule has 1 aliphatic heterocycles. The summed E-state index contributed by atoms with van der Waals surface area (Å²) in [5.41, 5.74) is 2.13. The van der Waals surface area contributed by atoms with E-state index in [1.807, 2.05) is 19.1 Å². The zero-order valence-corrected chi connectivity index (χ0v) is 17.2. The van der Waals surface area contributed by atoms with Gasteiger partial charge in [-0.15, -0.1) is 11.3 Å². The Labute approximate surface area is 166 Å². The molecule has 0 unspecified atom stereocenters. The minimum Gasteiger partial charge on any atom is -0.343 e. The SMILES string of the molecule is CCCCSc1nc2c(c(=O)[nH]1)[C@H](c1ccc(C)s1)C1=C(CCCC1=O)N2. The fourth-order valence-corrected chi connectivity index (χ4v) is 5.66. The molecule has 2 N–H and O–H groups in total. The summed E-state index contributed by atoms with van der Waals surface area (Å²) in [6.45, 7) is 4.19. The van der Waals surface area contributed by atoms with Gasteiger partial charge in [-0.3, -0.25) is 9.59 Å². The number of anilines is 1. The van der Waals surface area contributed by atoms with Crippen LogP contribution in [0.5, 0.6) is 0 Å². The Morgan fingerprint density at radius 3 is 2.89 bits per heavy atom. The molecular formula is C20H23N3O2S2. The number of rotatable bonds is 5. The van der Waals surface area contributed by atoms with Gasteiger partial charge in [0.15, 0.2) is 10.9 Å². The summed E-state index contributed by atoms with van der Waals surface area (Å²) in [5.74, 6) is 1.38. The van der Waals surface area contributed by atoms with E-state index in [0.717, 1.165) is 47.6 Å². The van der Waals surface area contributed by atoms with Gasteiger partial charge in [-0.1, -0.05) is 25.1 Å². The summed E-state index contributed by atoms with van der Waals surface area (Å²) in [6, 6.07) is 4.08. The van der Waals surface area contributed by atoms with E-state index in [9.17, 15) is 9.59 Å². The van der Waals surface area contributed by atoms with Crippen molar-refractivity contribution >= 4 is 34.7 Å². The predicted molar refractivity (Wildman–Crippen MR) is 111 cm³/mol. The maximum atomic E-state index is 13.0. The highest BCUT2D eigenvalue weighted by atomic mass is 32.2. The van der Waals surface area contributed by atoms with Crippen molar-refractivity contribution in [2.75, 3.05) is 11.1 Å². The van der Waals surface area contributed by atoms with Crippen molar-refractivity contribution < 1.29 is 4.79 Å². The molecular weight excluding hydrogens is 378 g/mol. The number of carbonyl (C=O) groups is 1. The Morgan fingerprint density at radius 2 is 2.15 bits per heavy atom. The highest BCUT2D eigenvalue weighted by Gasteiger charge is 2.38. The molecule has 0 aromatic carbocycles. The van der Waals surface area contributed by atoms with E-state index in [0.29, 0.717) is 23.0 Å². The number of nitrogens with one attached hydrogen (secondary N) is 2. The third-order valence-corrected chi connectivity index (χ3v) is 7.04. The molecule has 3 heterocycles. The van der Waals surface area contributed by atoms with E-state index >= 15 is 0 Å². The number of thioether (sulfide) groups is 1. The van der Waals surface area contributed by atoms with Gasteiger partial charge in [0.2, 0.25) is 0 Å². The van der Waals surface area contributed by atoms with E-state index in [1.165, 1.54) is 4.88 Å². The number of aryl methyl sites for hydroxylation is 1. The smallest absolute Gasteiger partial charge is 0.257 e. The van der Waals surface area contributed by atoms with E-state index in [1.54, 1.807) is 23.1 Å². The highest BCUT2D eigenvalue weighted by molar-refractivity contribution is 7.99. The minimum absolute atomic E-state index is 0.145. The maximum absolute atomic E-state index is 13.0. The molecule has 0 amide bonds. The van der Waals surface area contributed by atoms with Crippen LogP contribution in [0.25, 0.3) is 0 Å². The quantitative estimate of drug-likeness (QED) is 0.435. The van der Waals surface area contributed by atoms with Gasteiger partial charge in [0.25, 0.3) is 5.56 Å². The molecule has 5 nitrogen and oxygen atoms in total. The summed E-state index contributed by atoms with van der Waals surface area (Å²) in [4.78, 5) is 35.6. The van der Waals surface area contributed by atoms with Crippen LogP contribution in [-0.4, -0.2) is 21.5 Å². The van der Waals surface area contributed by atoms with E-state index in [4.69, 9.17) is 4.98 Å². The molecule has 1 atom stereocenters. The number of hydrogen-bond donors (Lipinski definition) is 2. The van der Waals surface area contributed by atoms with Crippen molar-refractivity contribution in [3.63, 3.8) is 0 Å². The number of nitrogens with zero attached hydrogens (tertiary/aromatic N) is 1. The fraction of sp³-hybridized carbons (Fsp3) is 0.450. The lowest BCUT2D eigenvalue weighted by Gasteiger charge is -2.32. The average molecular weight is 402 g/mol. The molecule has 0 fully saturated rings. The van der Waals surface area contributed by atoms with Crippen LogP contribution in [0.2, 0.25) is 0 Å². The number of allylic oxidation sites excluding steroid dienone is 2. The second kappa shape index (κ2) is 7.64. The molecule has 27 heavy (non-hydrogen) atoms. The van der Waals surface area contributed by atoms with Gasteiger partial charge < -0.3 is 10.3 Å². The van der Waals surface area contributed by atoms with Crippen LogP contribution in [-0.2, 0) is 4.79 Å². The molecule has 2 aromatic heterocycles. The lowest BCUT2D eigenvalue weighted by Crippen LogP contribution is -2.32. The number of aromatic amines is 1. The summed E-state index contributed by atoms with van der Waals surface area (Å²) >= 11 is 3.22. The Balaban J connectivity index is 1.83. The zero-order valence-electron chi connectivity index (χ0n) is 15.6. The highest BCUT2D eigenvalue weighted by Crippen LogP contribution is 2.45. The molecule has 4 rings (SSSR count). The maximum Gasteiger partial charge on any atom is 0.257 e. The normalized spacial score (nSPS) is 18.9. The van der Waals surface area contributed by atoms with Crippen molar-refractivity contribution in [2.45, 2.75) is 57.0 Å². The van der Waals surface area contributed by atoms with Crippen LogP contribution in [0.15, 0.2) is 33.4 Å². The van der Waals surface area contributed by atoms with Gasteiger partial charge in [0, 0.05) is 33.2 Å². The monoisotopic (exact) mass is 401 g/mol. The number of H-pyrrole nitrogens is 1. The predicted octanol–water partition coefficient (Wildman–Crippen LogP) is 4.60. The third-order valence-electron chi connectivity index (χ3n) is 5.02. The van der Waals surface area contributed by atoms with Gasteiger partial charge in [-0.05, 0) is 38.3 Å². The lowest BCUT2D eigenvalue weighted by atomic mass is 9.79. The van der Waals surface area contributed by atoms with Crippen molar-refractivity contribution in [2.24, 2.45) is 0 Å². The first kappa shape index (κ1) is 18.5. The summed E-state index contributed by atoms with van der Waals surface area (Å²) < 4.78 is 0. The largest absolute Gasteiger partial charge is 0.343 e. The molecule has 2 aliphatic rings. The molecule has 2 aromatic rings. The Bertz CT molecular complexity index is 974. The lowest BCUT2D eigenvalue weighted by molar-refractivity contribution is -0.116. The van der Waals surface area contributed by atoms with Crippen LogP contribution >= 0.6 is 23.1 Å². The summed E-state index contributed by atoms with van der Waals surface area (Å²) in [6.07, 6.45) is 4.41. The average Bonchev–Trinajstić information content (AvgIpc) is 3.06. The van der Waals surface area contributed by atoms with Crippen LogP contribution in [0, 0.1) is 6.92 Å². The molecule has 0 radical (unpaired) electrons. The van der Waals surface area contributed by atoms with Crippen LogP contribution in [0.1, 0.15) is 60.3 Å². The number of ketones is 1. The number of unbranched alkanes of at least 4 members (excludes halogenated alkanes) is 1.